The van der Waals surface area contributed by atoms with Gasteiger partial charge in [-0.25, -0.2) is 4.79 Å². The van der Waals surface area contributed by atoms with Crippen molar-refractivity contribution < 1.29 is 19.1 Å². The molecule has 0 fully saturated rings. The van der Waals surface area contributed by atoms with Crippen LogP contribution < -0.4 is 10.1 Å². The Labute approximate surface area is 168 Å². The predicted octanol–water partition coefficient (Wildman–Crippen LogP) is 4.57. The molecular weight excluding hydrogens is 389 g/mol. The Kier molecular flexibility index (Phi) is 7.51. The van der Waals surface area contributed by atoms with E-state index < -0.39 is 24.1 Å². The summed E-state index contributed by atoms with van der Waals surface area (Å²) in [6.45, 7) is 4.84. The molecule has 5 nitrogen and oxygen atoms in total. The van der Waals surface area contributed by atoms with Gasteiger partial charge in [0.15, 0.2) is 12.2 Å². The Bertz CT molecular complexity index is 798. The molecule has 2 aromatic rings. The summed E-state index contributed by atoms with van der Waals surface area (Å²) in [7, 11) is 0. The molecule has 0 bridgehead atoms. The number of rotatable bonds is 7. The van der Waals surface area contributed by atoms with E-state index in [-0.39, 0.29) is 6.04 Å². The zero-order valence-electron chi connectivity index (χ0n) is 15.2. The quantitative estimate of drug-likeness (QED) is 0.680. The van der Waals surface area contributed by atoms with Crippen LogP contribution in [0.25, 0.3) is 0 Å². The fourth-order valence-electron chi connectivity index (χ4n) is 2.34. The summed E-state index contributed by atoms with van der Waals surface area (Å²) in [6, 6.07) is 13.6. The van der Waals surface area contributed by atoms with Crippen LogP contribution in [0, 0.1) is 0 Å². The molecule has 1 amide bonds. The maximum Gasteiger partial charge on any atom is 0.347 e. The van der Waals surface area contributed by atoms with E-state index in [0.29, 0.717) is 21.4 Å². The maximum atomic E-state index is 12.3. The van der Waals surface area contributed by atoms with E-state index >= 15 is 0 Å². The molecule has 0 saturated carbocycles. The second-order valence-corrected chi connectivity index (χ2v) is 6.89. The Hall–Kier alpha value is -2.24. The molecule has 0 aromatic heterocycles. The molecular formula is C20H21Cl2NO4. The van der Waals surface area contributed by atoms with Gasteiger partial charge in [0.1, 0.15) is 5.75 Å². The highest BCUT2D eigenvalue weighted by atomic mass is 35.5. The summed E-state index contributed by atoms with van der Waals surface area (Å²) in [5.41, 5.74) is 0.716. The van der Waals surface area contributed by atoms with E-state index in [1.807, 2.05) is 6.07 Å². The van der Waals surface area contributed by atoms with Gasteiger partial charge in [-0.05, 0) is 50.6 Å². The van der Waals surface area contributed by atoms with Gasteiger partial charge in [0.25, 0.3) is 5.91 Å². The van der Waals surface area contributed by atoms with Crippen molar-refractivity contribution >= 4 is 35.1 Å². The van der Waals surface area contributed by atoms with Crippen LogP contribution in [0.4, 0.5) is 0 Å². The molecule has 2 rings (SSSR count). The number of nitrogens with one attached hydrogen (secondary N) is 1. The molecule has 0 heterocycles. The zero-order chi connectivity index (χ0) is 20.0. The lowest BCUT2D eigenvalue weighted by Crippen LogP contribution is -2.39. The molecule has 1 N–H and O–H groups in total. The average molecular weight is 410 g/mol. The summed E-state index contributed by atoms with van der Waals surface area (Å²) in [5.74, 6) is -0.516. The molecule has 7 heteroatoms. The van der Waals surface area contributed by atoms with Crippen LogP contribution in [0.1, 0.15) is 32.4 Å². The van der Waals surface area contributed by atoms with E-state index in [1.165, 1.54) is 6.92 Å². The van der Waals surface area contributed by atoms with E-state index in [4.69, 9.17) is 32.7 Å². The molecule has 0 aliphatic rings. The number of para-hydroxylation sites is 1. The lowest BCUT2D eigenvalue weighted by molar-refractivity contribution is -0.161. The van der Waals surface area contributed by atoms with Crippen molar-refractivity contribution in [2.45, 2.75) is 39.0 Å². The van der Waals surface area contributed by atoms with Crippen LogP contribution >= 0.6 is 23.2 Å². The lowest BCUT2D eigenvalue weighted by atomic mass is 10.1. The number of benzene rings is 2. The molecule has 0 saturated heterocycles. The first kappa shape index (κ1) is 21.1. The van der Waals surface area contributed by atoms with Crippen molar-refractivity contribution in [3.8, 4) is 5.75 Å². The number of carbonyl (C=O) groups excluding carboxylic acids is 2. The van der Waals surface area contributed by atoms with Crippen molar-refractivity contribution in [1.29, 1.82) is 0 Å². The van der Waals surface area contributed by atoms with Gasteiger partial charge in [0.2, 0.25) is 0 Å². The molecule has 0 aliphatic heterocycles. The Balaban J connectivity index is 1.89. The molecule has 2 aromatic carbocycles. The molecule has 0 unspecified atom stereocenters. The summed E-state index contributed by atoms with van der Waals surface area (Å²) < 4.78 is 10.7. The molecule has 0 aliphatic carbocycles. The SMILES string of the molecule is C[C@H](OC(=O)[C@@H](C)Oc1ccccc1)C(=O)N[C@H](C)c1ccc(Cl)cc1Cl. The third kappa shape index (κ3) is 6.15. The Morgan fingerprint density at radius 1 is 0.963 bits per heavy atom. The van der Waals surface area contributed by atoms with Crippen LogP contribution in [0.5, 0.6) is 5.75 Å². The first-order chi connectivity index (χ1) is 12.8. The highest BCUT2D eigenvalue weighted by Gasteiger charge is 2.24. The predicted molar refractivity (Wildman–Crippen MR) is 105 cm³/mol. The Morgan fingerprint density at radius 3 is 2.26 bits per heavy atom. The number of esters is 1. The van der Waals surface area contributed by atoms with Gasteiger partial charge in [-0.3, -0.25) is 4.79 Å². The van der Waals surface area contributed by atoms with Crippen molar-refractivity contribution in [2.24, 2.45) is 0 Å². The van der Waals surface area contributed by atoms with Gasteiger partial charge in [-0.1, -0.05) is 47.5 Å². The van der Waals surface area contributed by atoms with E-state index in [1.54, 1.807) is 56.3 Å². The van der Waals surface area contributed by atoms with E-state index in [2.05, 4.69) is 5.32 Å². The molecule has 0 spiro atoms. The van der Waals surface area contributed by atoms with Gasteiger partial charge in [-0.2, -0.15) is 0 Å². The number of halogens is 2. The van der Waals surface area contributed by atoms with Crippen molar-refractivity contribution in [3.05, 3.63) is 64.1 Å². The van der Waals surface area contributed by atoms with Gasteiger partial charge in [-0.15, -0.1) is 0 Å². The number of carbonyl (C=O) groups is 2. The van der Waals surface area contributed by atoms with Gasteiger partial charge >= 0.3 is 5.97 Å². The fraction of sp³-hybridized carbons (Fsp3) is 0.300. The maximum absolute atomic E-state index is 12.3. The third-order valence-corrected chi connectivity index (χ3v) is 4.40. The van der Waals surface area contributed by atoms with Crippen LogP contribution in [0.2, 0.25) is 10.0 Å². The first-order valence-corrected chi connectivity index (χ1v) is 9.21. The number of hydrogen-bond acceptors (Lipinski definition) is 4. The van der Waals surface area contributed by atoms with E-state index in [0.717, 1.165) is 0 Å². The van der Waals surface area contributed by atoms with Gasteiger partial charge in [0, 0.05) is 10.0 Å². The summed E-state index contributed by atoms with van der Waals surface area (Å²) in [5, 5.41) is 3.73. The topological polar surface area (TPSA) is 64.6 Å². The highest BCUT2D eigenvalue weighted by molar-refractivity contribution is 6.35. The molecule has 0 radical (unpaired) electrons. The largest absolute Gasteiger partial charge is 0.479 e. The van der Waals surface area contributed by atoms with Crippen LogP contribution in [-0.2, 0) is 14.3 Å². The summed E-state index contributed by atoms with van der Waals surface area (Å²) in [4.78, 5) is 24.5. The first-order valence-electron chi connectivity index (χ1n) is 8.45. The van der Waals surface area contributed by atoms with Crippen LogP contribution in [0.15, 0.2) is 48.5 Å². The molecule has 3 atom stereocenters. The Morgan fingerprint density at radius 2 is 1.63 bits per heavy atom. The third-order valence-electron chi connectivity index (χ3n) is 3.84. The second-order valence-electron chi connectivity index (χ2n) is 6.05. The van der Waals surface area contributed by atoms with Crippen LogP contribution in [-0.4, -0.2) is 24.1 Å². The molecule has 27 heavy (non-hydrogen) atoms. The van der Waals surface area contributed by atoms with Crippen molar-refractivity contribution in [2.75, 3.05) is 0 Å². The normalized spacial score (nSPS) is 14.0. The fourth-order valence-corrected chi connectivity index (χ4v) is 2.91. The monoisotopic (exact) mass is 409 g/mol. The summed E-state index contributed by atoms with van der Waals surface area (Å²) >= 11 is 12.0. The standard InChI is InChI=1S/C20H21Cl2NO4/c1-12(17-10-9-15(21)11-18(17)22)23-19(24)13(2)27-20(25)14(3)26-16-7-5-4-6-8-16/h4-14H,1-3H3,(H,23,24)/t12-,13+,14-/m1/s1. The summed E-state index contributed by atoms with van der Waals surface area (Å²) in [6.07, 6.45) is -1.82. The van der Waals surface area contributed by atoms with E-state index in [9.17, 15) is 9.59 Å². The van der Waals surface area contributed by atoms with Gasteiger partial charge < -0.3 is 14.8 Å². The highest BCUT2D eigenvalue weighted by Crippen LogP contribution is 2.26. The lowest BCUT2D eigenvalue weighted by Gasteiger charge is -2.21. The smallest absolute Gasteiger partial charge is 0.347 e. The van der Waals surface area contributed by atoms with Crippen molar-refractivity contribution in [1.82, 2.24) is 5.32 Å². The molecule has 144 valence electrons. The minimum absolute atomic E-state index is 0.374. The van der Waals surface area contributed by atoms with Gasteiger partial charge in [0.05, 0.1) is 6.04 Å². The number of ether oxygens (including phenoxy) is 2. The minimum Gasteiger partial charge on any atom is -0.479 e. The number of amides is 1. The van der Waals surface area contributed by atoms with Crippen molar-refractivity contribution in [3.63, 3.8) is 0 Å². The minimum atomic E-state index is -0.979. The number of hydrogen-bond donors (Lipinski definition) is 1. The average Bonchev–Trinajstić information content (AvgIpc) is 2.62. The van der Waals surface area contributed by atoms with Crippen LogP contribution in [0.3, 0.4) is 0 Å². The second kappa shape index (κ2) is 9.62. The zero-order valence-corrected chi connectivity index (χ0v) is 16.8.